The van der Waals surface area contributed by atoms with Gasteiger partial charge in [-0.3, -0.25) is 14.6 Å². The Labute approximate surface area is 178 Å². The monoisotopic (exact) mass is 427 g/mol. The number of ether oxygens (including phenoxy) is 1. The van der Waals surface area contributed by atoms with Gasteiger partial charge in [-0.15, -0.1) is 0 Å². The molecule has 0 aliphatic rings. The van der Waals surface area contributed by atoms with Gasteiger partial charge in [0.25, 0.3) is 5.91 Å². The van der Waals surface area contributed by atoms with Crippen LogP contribution in [0.5, 0.6) is 11.5 Å². The maximum Gasteiger partial charge on any atom is 0.269 e. The molecule has 1 heterocycles. The number of amides is 2. The molecule has 2 N–H and O–H groups in total. The van der Waals surface area contributed by atoms with Gasteiger partial charge in [0.1, 0.15) is 23.0 Å². The number of pyridine rings is 1. The van der Waals surface area contributed by atoms with Crippen LogP contribution < -0.4 is 15.4 Å². The highest BCUT2D eigenvalue weighted by atomic mass is 35.5. The van der Waals surface area contributed by atoms with Crippen molar-refractivity contribution < 1.29 is 18.7 Å². The number of carbonyl (C=O) groups excluding carboxylic acids is 2. The number of nitrogens with one attached hydrogen (secondary N) is 2. The summed E-state index contributed by atoms with van der Waals surface area (Å²) >= 11 is 5.71. The Morgan fingerprint density at radius 1 is 1.07 bits per heavy atom. The zero-order valence-corrected chi connectivity index (χ0v) is 16.9. The smallest absolute Gasteiger partial charge is 0.269 e. The van der Waals surface area contributed by atoms with Crippen LogP contribution in [-0.4, -0.2) is 23.8 Å². The van der Waals surface area contributed by atoms with Crippen molar-refractivity contribution in [3.63, 3.8) is 0 Å². The van der Waals surface area contributed by atoms with E-state index in [9.17, 15) is 14.0 Å². The van der Waals surface area contributed by atoms with E-state index in [1.165, 1.54) is 31.4 Å². The molecule has 0 bridgehead atoms. The molecule has 0 spiro atoms. The molecule has 0 fully saturated rings. The first-order chi connectivity index (χ1) is 14.4. The molecule has 0 aliphatic heterocycles. The summed E-state index contributed by atoms with van der Waals surface area (Å²) in [5.41, 5.74) is 1.67. The van der Waals surface area contributed by atoms with Crippen LogP contribution in [0.2, 0.25) is 5.02 Å². The van der Waals surface area contributed by atoms with E-state index in [2.05, 4.69) is 15.6 Å². The molecule has 3 rings (SSSR count). The van der Waals surface area contributed by atoms with Crippen LogP contribution in [0, 0.1) is 5.82 Å². The predicted molar refractivity (Wildman–Crippen MR) is 113 cm³/mol. The molecule has 0 saturated carbocycles. The molecule has 30 heavy (non-hydrogen) atoms. The SMILES string of the molecule is CNC(=O)c1cc(Oc2ccc(CCC(=O)Nc3ccc(F)c(Cl)c3)cc2)ccn1. The molecule has 8 heteroatoms. The molecule has 0 saturated heterocycles. The maximum absolute atomic E-state index is 13.2. The largest absolute Gasteiger partial charge is 0.457 e. The minimum atomic E-state index is -0.534. The highest BCUT2D eigenvalue weighted by molar-refractivity contribution is 6.31. The van der Waals surface area contributed by atoms with Crippen molar-refractivity contribution in [3.8, 4) is 11.5 Å². The van der Waals surface area contributed by atoms with E-state index in [1.54, 1.807) is 24.3 Å². The fraction of sp³-hybridized carbons (Fsp3) is 0.136. The molecule has 0 atom stereocenters. The van der Waals surface area contributed by atoms with E-state index in [-0.39, 0.29) is 29.0 Å². The van der Waals surface area contributed by atoms with Gasteiger partial charge in [-0.25, -0.2) is 4.39 Å². The van der Waals surface area contributed by atoms with Crippen LogP contribution in [0.4, 0.5) is 10.1 Å². The van der Waals surface area contributed by atoms with Gasteiger partial charge in [-0.05, 0) is 48.4 Å². The highest BCUT2D eigenvalue weighted by Gasteiger charge is 2.08. The van der Waals surface area contributed by atoms with E-state index in [1.807, 2.05) is 12.1 Å². The first-order valence-electron chi connectivity index (χ1n) is 9.14. The van der Waals surface area contributed by atoms with Crippen molar-refractivity contribution in [1.82, 2.24) is 10.3 Å². The van der Waals surface area contributed by atoms with Gasteiger partial charge in [0.05, 0.1) is 5.02 Å². The molecule has 6 nitrogen and oxygen atoms in total. The fourth-order valence-electron chi connectivity index (χ4n) is 2.64. The van der Waals surface area contributed by atoms with Gasteiger partial charge < -0.3 is 15.4 Å². The number of hydrogen-bond donors (Lipinski definition) is 2. The summed E-state index contributed by atoms with van der Waals surface area (Å²) in [5, 5.41) is 5.16. The van der Waals surface area contributed by atoms with Crippen molar-refractivity contribution >= 4 is 29.1 Å². The second kappa shape index (κ2) is 9.84. The topological polar surface area (TPSA) is 80.3 Å². The molecular formula is C22H19ClFN3O3. The van der Waals surface area contributed by atoms with Gasteiger partial charge in [0.2, 0.25) is 5.91 Å². The van der Waals surface area contributed by atoms with Crippen LogP contribution >= 0.6 is 11.6 Å². The summed E-state index contributed by atoms with van der Waals surface area (Å²) < 4.78 is 18.9. The minimum absolute atomic E-state index is 0.0416. The van der Waals surface area contributed by atoms with Crippen molar-refractivity contribution in [1.29, 1.82) is 0 Å². The van der Waals surface area contributed by atoms with Crippen LogP contribution in [0.15, 0.2) is 60.8 Å². The predicted octanol–water partition coefficient (Wildman–Crippen LogP) is 4.60. The Balaban J connectivity index is 1.53. The van der Waals surface area contributed by atoms with Crippen LogP contribution in [0.1, 0.15) is 22.5 Å². The van der Waals surface area contributed by atoms with Crippen LogP contribution in [-0.2, 0) is 11.2 Å². The van der Waals surface area contributed by atoms with Crippen molar-refractivity contribution in [3.05, 3.63) is 82.9 Å². The van der Waals surface area contributed by atoms with Gasteiger partial charge >= 0.3 is 0 Å². The van der Waals surface area contributed by atoms with E-state index in [0.29, 0.717) is 23.6 Å². The molecular weight excluding hydrogens is 409 g/mol. The van der Waals surface area contributed by atoms with Gasteiger partial charge in [0, 0.05) is 31.4 Å². The van der Waals surface area contributed by atoms with Crippen molar-refractivity contribution in [2.45, 2.75) is 12.8 Å². The molecule has 0 unspecified atom stereocenters. The summed E-state index contributed by atoms with van der Waals surface area (Å²) in [6.45, 7) is 0. The van der Waals surface area contributed by atoms with Gasteiger partial charge in [0.15, 0.2) is 0 Å². The fourth-order valence-corrected chi connectivity index (χ4v) is 2.82. The Hall–Kier alpha value is -3.45. The number of halogens is 2. The molecule has 0 aliphatic carbocycles. The summed E-state index contributed by atoms with van der Waals surface area (Å²) in [7, 11) is 1.53. The number of anilines is 1. The summed E-state index contributed by atoms with van der Waals surface area (Å²) in [5.74, 6) is 0.0639. The maximum atomic E-state index is 13.2. The lowest BCUT2D eigenvalue weighted by Gasteiger charge is -2.08. The molecule has 3 aromatic rings. The number of rotatable bonds is 7. The lowest BCUT2D eigenvalue weighted by atomic mass is 10.1. The van der Waals surface area contributed by atoms with Gasteiger partial charge in [-0.1, -0.05) is 23.7 Å². The average molecular weight is 428 g/mol. The average Bonchev–Trinajstić information content (AvgIpc) is 2.75. The first kappa shape index (κ1) is 21.3. The third-order valence-corrected chi connectivity index (χ3v) is 4.48. The minimum Gasteiger partial charge on any atom is -0.457 e. The molecule has 0 radical (unpaired) electrons. The van der Waals surface area contributed by atoms with E-state index in [0.717, 1.165) is 5.56 Å². The Bertz CT molecular complexity index is 1060. The van der Waals surface area contributed by atoms with E-state index < -0.39 is 5.82 Å². The molecule has 154 valence electrons. The van der Waals surface area contributed by atoms with Gasteiger partial charge in [-0.2, -0.15) is 0 Å². The number of aromatic nitrogens is 1. The standard InChI is InChI=1S/C22H19ClFN3O3/c1-25-22(29)20-13-17(10-11-26-20)30-16-6-2-14(3-7-16)4-9-21(28)27-15-5-8-19(24)18(23)12-15/h2-3,5-8,10-13H,4,9H2,1H3,(H,25,29)(H,27,28). The molecule has 2 aromatic carbocycles. The number of carbonyl (C=O) groups is 2. The molecule has 1 aromatic heterocycles. The normalized spacial score (nSPS) is 10.4. The summed E-state index contributed by atoms with van der Waals surface area (Å²) in [6.07, 6.45) is 2.29. The lowest BCUT2D eigenvalue weighted by molar-refractivity contribution is -0.116. The zero-order chi connectivity index (χ0) is 21.5. The number of aryl methyl sites for hydroxylation is 1. The lowest BCUT2D eigenvalue weighted by Crippen LogP contribution is -2.18. The Morgan fingerprint density at radius 3 is 2.53 bits per heavy atom. The Kier molecular flexibility index (Phi) is 6.98. The third kappa shape index (κ3) is 5.78. The van der Waals surface area contributed by atoms with Crippen LogP contribution in [0.25, 0.3) is 0 Å². The third-order valence-electron chi connectivity index (χ3n) is 4.19. The Morgan fingerprint density at radius 2 is 1.83 bits per heavy atom. The summed E-state index contributed by atoms with van der Waals surface area (Å²) in [4.78, 5) is 27.7. The number of nitrogens with zero attached hydrogens (tertiary/aromatic N) is 1. The first-order valence-corrected chi connectivity index (χ1v) is 9.52. The van der Waals surface area contributed by atoms with E-state index in [4.69, 9.17) is 16.3 Å². The number of hydrogen-bond acceptors (Lipinski definition) is 4. The van der Waals surface area contributed by atoms with Crippen molar-refractivity contribution in [2.24, 2.45) is 0 Å². The highest BCUT2D eigenvalue weighted by Crippen LogP contribution is 2.23. The number of benzene rings is 2. The molecule has 2 amide bonds. The van der Waals surface area contributed by atoms with Crippen molar-refractivity contribution in [2.75, 3.05) is 12.4 Å². The summed E-state index contributed by atoms with van der Waals surface area (Å²) in [6, 6.07) is 14.5. The zero-order valence-electron chi connectivity index (χ0n) is 16.1. The van der Waals surface area contributed by atoms with Crippen LogP contribution in [0.3, 0.4) is 0 Å². The quantitative estimate of drug-likeness (QED) is 0.577. The second-order valence-corrected chi connectivity index (χ2v) is 6.79. The van der Waals surface area contributed by atoms with E-state index >= 15 is 0 Å². The second-order valence-electron chi connectivity index (χ2n) is 6.38.